The van der Waals surface area contributed by atoms with E-state index < -0.39 is 5.92 Å². The molecule has 0 saturated carbocycles. The van der Waals surface area contributed by atoms with Gasteiger partial charge in [0.15, 0.2) is 5.82 Å². The van der Waals surface area contributed by atoms with E-state index in [4.69, 9.17) is 0 Å². The molecular weight excluding hydrogens is 340 g/mol. The van der Waals surface area contributed by atoms with Crippen LogP contribution in [-0.4, -0.2) is 28.3 Å². The predicted molar refractivity (Wildman–Crippen MR) is 103 cm³/mol. The Morgan fingerprint density at radius 3 is 2.26 bits per heavy atom. The summed E-state index contributed by atoms with van der Waals surface area (Å²) in [7, 11) is 0. The van der Waals surface area contributed by atoms with Crippen LogP contribution in [0.3, 0.4) is 0 Å². The summed E-state index contributed by atoms with van der Waals surface area (Å²) in [6.45, 7) is 0.373. The summed E-state index contributed by atoms with van der Waals surface area (Å²) in [5.41, 5.74) is 2.24. The number of carbonyl (C=O) groups excluding carboxylic acids is 2. The van der Waals surface area contributed by atoms with E-state index in [2.05, 4.69) is 15.3 Å². The second-order valence-corrected chi connectivity index (χ2v) is 6.39. The lowest BCUT2D eigenvalue weighted by Crippen LogP contribution is -2.28. The first kappa shape index (κ1) is 16.9. The molecule has 27 heavy (non-hydrogen) atoms. The number of amides is 2. The number of hydrogen-bond donors (Lipinski definition) is 1. The maximum absolute atomic E-state index is 12.5. The molecule has 2 amide bonds. The van der Waals surface area contributed by atoms with Crippen molar-refractivity contribution in [2.75, 3.05) is 16.8 Å². The molecule has 134 valence electrons. The zero-order chi connectivity index (χ0) is 18.6. The van der Waals surface area contributed by atoms with Gasteiger partial charge in [0.1, 0.15) is 0 Å². The van der Waals surface area contributed by atoms with E-state index in [1.54, 1.807) is 17.3 Å². The van der Waals surface area contributed by atoms with Gasteiger partial charge >= 0.3 is 0 Å². The Kier molecular flexibility index (Phi) is 4.61. The lowest BCUT2D eigenvalue weighted by Gasteiger charge is -2.16. The van der Waals surface area contributed by atoms with Crippen LogP contribution < -0.4 is 10.2 Å². The number of hydrogen-bond acceptors (Lipinski definition) is 4. The van der Waals surface area contributed by atoms with Crippen molar-refractivity contribution in [2.45, 2.75) is 6.42 Å². The molecule has 1 N–H and O–H groups in total. The highest BCUT2D eigenvalue weighted by molar-refractivity contribution is 6.03. The van der Waals surface area contributed by atoms with Crippen LogP contribution in [0, 0.1) is 5.92 Å². The molecule has 4 rings (SSSR count). The van der Waals surface area contributed by atoms with Crippen molar-refractivity contribution in [1.82, 2.24) is 9.97 Å². The molecule has 1 saturated heterocycles. The number of rotatable bonds is 4. The van der Waals surface area contributed by atoms with Crippen molar-refractivity contribution in [3.05, 3.63) is 73.1 Å². The van der Waals surface area contributed by atoms with Gasteiger partial charge in [-0.05, 0) is 12.1 Å². The van der Waals surface area contributed by atoms with Gasteiger partial charge in [0.05, 0.1) is 24.0 Å². The molecular formula is C21H18N4O2. The second kappa shape index (κ2) is 7.37. The van der Waals surface area contributed by atoms with Gasteiger partial charge in [0.2, 0.25) is 11.8 Å². The predicted octanol–water partition coefficient (Wildman–Crippen LogP) is 3.14. The summed E-state index contributed by atoms with van der Waals surface area (Å²) in [6, 6.07) is 19.0. The molecule has 0 aliphatic carbocycles. The minimum absolute atomic E-state index is 0.0444. The summed E-state index contributed by atoms with van der Waals surface area (Å²) in [4.78, 5) is 35.1. The van der Waals surface area contributed by atoms with Gasteiger partial charge in [-0.1, -0.05) is 48.5 Å². The molecule has 6 heteroatoms. The van der Waals surface area contributed by atoms with Crippen LogP contribution in [-0.2, 0) is 9.59 Å². The first-order chi connectivity index (χ1) is 13.2. The summed E-state index contributed by atoms with van der Waals surface area (Å²) >= 11 is 0. The Morgan fingerprint density at radius 2 is 1.59 bits per heavy atom. The smallest absolute Gasteiger partial charge is 0.229 e. The molecule has 1 aliphatic heterocycles. The molecule has 0 bridgehead atoms. The van der Waals surface area contributed by atoms with Gasteiger partial charge in [-0.25, -0.2) is 9.97 Å². The van der Waals surface area contributed by atoms with Crippen LogP contribution in [0.5, 0.6) is 0 Å². The zero-order valence-corrected chi connectivity index (χ0v) is 14.6. The highest BCUT2D eigenvalue weighted by atomic mass is 16.2. The van der Waals surface area contributed by atoms with E-state index in [9.17, 15) is 9.59 Å². The standard InChI is InChI=1S/C21H18N4O2/c26-19-11-16(14-25(19)18-9-5-2-6-10-18)21(27)24-17-12-22-20(23-13-17)15-7-3-1-4-8-15/h1-10,12-13,16H,11,14H2,(H,24,27). The van der Waals surface area contributed by atoms with Crippen LogP contribution in [0.15, 0.2) is 73.1 Å². The summed E-state index contributed by atoms with van der Waals surface area (Å²) < 4.78 is 0. The number of aromatic nitrogens is 2. The molecule has 1 aliphatic rings. The Hall–Kier alpha value is -3.54. The van der Waals surface area contributed by atoms with Crippen molar-refractivity contribution in [3.63, 3.8) is 0 Å². The zero-order valence-electron chi connectivity index (χ0n) is 14.6. The third-order valence-electron chi connectivity index (χ3n) is 4.52. The van der Waals surface area contributed by atoms with Gasteiger partial charge in [-0.3, -0.25) is 9.59 Å². The van der Waals surface area contributed by atoms with Gasteiger partial charge in [0.25, 0.3) is 0 Å². The maximum Gasteiger partial charge on any atom is 0.229 e. The van der Waals surface area contributed by atoms with Gasteiger partial charge in [0, 0.05) is 24.2 Å². The normalized spacial score (nSPS) is 16.4. The minimum atomic E-state index is -0.397. The van der Waals surface area contributed by atoms with Crippen LogP contribution in [0.2, 0.25) is 0 Å². The number of benzene rings is 2. The third kappa shape index (κ3) is 3.69. The SMILES string of the molecule is O=C(Nc1cnc(-c2ccccc2)nc1)C1CC(=O)N(c2ccccc2)C1. The molecule has 0 spiro atoms. The van der Waals surface area contributed by atoms with Crippen molar-refractivity contribution in [3.8, 4) is 11.4 Å². The Balaban J connectivity index is 1.41. The molecule has 2 heterocycles. The van der Waals surface area contributed by atoms with Gasteiger partial charge in [-0.2, -0.15) is 0 Å². The van der Waals surface area contributed by atoms with Crippen LogP contribution in [0.1, 0.15) is 6.42 Å². The number of carbonyl (C=O) groups is 2. The summed E-state index contributed by atoms with van der Waals surface area (Å²) in [5, 5.41) is 2.81. The fourth-order valence-corrected chi connectivity index (χ4v) is 3.11. The molecule has 1 aromatic heterocycles. The quantitative estimate of drug-likeness (QED) is 0.777. The average Bonchev–Trinajstić information content (AvgIpc) is 3.12. The van der Waals surface area contributed by atoms with Gasteiger partial charge in [-0.15, -0.1) is 0 Å². The molecule has 1 unspecified atom stereocenters. The summed E-state index contributed by atoms with van der Waals surface area (Å²) in [6.07, 6.45) is 3.36. The fourth-order valence-electron chi connectivity index (χ4n) is 3.11. The molecule has 1 fully saturated rings. The Bertz CT molecular complexity index is 943. The largest absolute Gasteiger partial charge is 0.323 e. The highest BCUT2D eigenvalue weighted by Crippen LogP contribution is 2.25. The molecule has 2 aromatic carbocycles. The average molecular weight is 358 g/mol. The second-order valence-electron chi connectivity index (χ2n) is 6.39. The number of nitrogens with one attached hydrogen (secondary N) is 1. The van der Waals surface area contributed by atoms with Crippen molar-refractivity contribution in [1.29, 1.82) is 0 Å². The van der Waals surface area contributed by atoms with E-state index in [1.807, 2.05) is 60.7 Å². The van der Waals surface area contributed by atoms with Crippen molar-refractivity contribution in [2.24, 2.45) is 5.92 Å². The fraction of sp³-hybridized carbons (Fsp3) is 0.143. The van der Waals surface area contributed by atoms with Crippen LogP contribution >= 0.6 is 0 Å². The summed E-state index contributed by atoms with van der Waals surface area (Å²) in [5.74, 6) is -0.0405. The minimum Gasteiger partial charge on any atom is -0.323 e. The van der Waals surface area contributed by atoms with E-state index in [0.29, 0.717) is 18.1 Å². The molecule has 6 nitrogen and oxygen atoms in total. The van der Waals surface area contributed by atoms with E-state index in [1.165, 1.54) is 0 Å². The van der Waals surface area contributed by atoms with Gasteiger partial charge < -0.3 is 10.2 Å². The first-order valence-corrected chi connectivity index (χ1v) is 8.74. The van der Waals surface area contributed by atoms with E-state index >= 15 is 0 Å². The molecule has 1 atom stereocenters. The van der Waals surface area contributed by atoms with E-state index in [-0.39, 0.29) is 18.2 Å². The first-order valence-electron chi connectivity index (χ1n) is 8.74. The monoisotopic (exact) mass is 358 g/mol. The number of nitrogens with zero attached hydrogens (tertiary/aromatic N) is 3. The lowest BCUT2D eigenvalue weighted by atomic mass is 10.1. The van der Waals surface area contributed by atoms with Crippen molar-refractivity contribution < 1.29 is 9.59 Å². The van der Waals surface area contributed by atoms with Crippen LogP contribution in [0.4, 0.5) is 11.4 Å². The third-order valence-corrected chi connectivity index (χ3v) is 4.52. The van der Waals surface area contributed by atoms with Crippen LogP contribution in [0.25, 0.3) is 11.4 Å². The van der Waals surface area contributed by atoms with E-state index in [0.717, 1.165) is 11.3 Å². The topological polar surface area (TPSA) is 75.2 Å². The number of anilines is 2. The number of para-hydroxylation sites is 1. The molecule has 3 aromatic rings. The Labute approximate surface area is 156 Å². The van der Waals surface area contributed by atoms with Crippen molar-refractivity contribution >= 4 is 23.2 Å². The Morgan fingerprint density at radius 1 is 0.963 bits per heavy atom. The maximum atomic E-state index is 12.5. The highest BCUT2D eigenvalue weighted by Gasteiger charge is 2.35. The molecule has 0 radical (unpaired) electrons. The lowest BCUT2D eigenvalue weighted by molar-refractivity contribution is -0.122.